The minimum Gasteiger partial charge on any atom is -0.338 e. The van der Waals surface area contributed by atoms with E-state index in [9.17, 15) is 9.59 Å². The van der Waals surface area contributed by atoms with Crippen LogP contribution in [0.15, 0.2) is 0 Å². The quantitative estimate of drug-likeness (QED) is 0.665. The SMILES string of the molecule is CC(C)(C(=O)N1CCNCC1)N1CCNC1=O. The second-order valence-electron chi connectivity index (χ2n) is 4.98. The molecule has 6 heteroatoms. The molecule has 0 spiro atoms. The molecule has 2 heterocycles. The highest BCUT2D eigenvalue weighted by Crippen LogP contribution is 2.20. The Labute approximate surface area is 101 Å². The van der Waals surface area contributed by atoms with Crippen LogP contribution in [0.25, 0.3) is 0 Å². The zero-order valence-corrected chi connectivity index (χ0v) is 10.5. The number of piperazine rings is 1. The van der Waals surface area contributed by atoms with Crippen molar-refractivity contribution in [2.75, 3.05) is 39.3 Å². The fourth-order valence-corrected chi connectivity index (χ4v) is 2.38. The number of nitrogens with zero attached hydrogens (tertiary/aromatic N) is 2. The van der Waals surface area contributed by atoms with Gasteiger partial charge in [0.2, 0.25) is 5.91 Å². The van der Waals surface area contributed by atoms with Crippen LogP contribution in [-0.2, 0) is 4.79 Å². The lowest BCUT2D eigenvalue weighted by atomic mass is 10.0. The average molecular weight is 240 g/mol. The number of hydrogen-bond donors (Lipinski definition) is 2. The molecule has 17 heavy (non-hydrogen) atoms. The number of nitrogens with one attached hydrogen (secondary N) is 2. The number of carbonyl (C=O) groups is 2. The minimum atomic E-state index is -0.752. The molecule has 0 aromatic heterocycles. The fraction of sp³-hybridized carbons (Fsp3) is 0.818. The van der Waals surface area contributed by atoms with Gasteiger partial charge >= 0.3 is 6.03 Å². The highest BCUT2D eigenvalue weighted by molar-refractivity contribution is 5.91. The normalized spacial score (nSPS) is 21.6. The van der Waals surface area contributed by atoms with Gasteiger partial charge in [-0.2, -0.15) is 0 Å². The first kappa shape index (κ1) is 12.2. The Balaban J connectivity index is 2.08. The molecule has 0 atom stereocenters. The molecule has 0 unspecified atom stereocenters. The summed E-state index contributed by atoms with van der Waals surface area (Å²) in [5.41, 5.74) is -0.752. The topological polar surface area (TPSA) is 64.7 Å². The van der Waals surface area contributed by atoms with E-state index in [1.54, 1.807) is 4.90 Å². The van der Waals surface area contributed by atoms with E-state index in [-0.39, 0.29) is 11.9 Å². The van der Waals surface area contributed by atoms with E-state index >= 15 is 0 Å². The van der Waals surface area contributed by atoms with Crippen molar-refractivity contribution in [3.63, 3.8) is 0 Å². The molecule has 2 saturated heterocycles. The Hall–Kier alpha value is -1.30. The van der Waals surface area contributed by atoms with Crippen LogP contribution in [0.4, 0.5) is 4.79 Å². The molecular weight excluding hydrogens is 220 g/mol. The van der Waals surface area contributed by atoms with Crippen LogP contribution in [0, 0.1) is 0 Å². The van der Waals surface area contributed by atoms with Crippen molar-refractivity contribution in [1.82, 2.24) is 20.4 Å². The van der Waals surface area contributed by atoms with Gasteiger partial charge in [0.1, 0.15) is 5.54 Å². The van der Waals surface area contributed by atoms with E-state index in [2.05, 4.69) is 10.6 Å². The Kier molecular flexibility index (Phi) is 3.24. The van der Waals surface area contributed by atoms with Crippen molar-refractivity contribution in [3.05, 3.63) is 0 Å². The van der Waals surface area contributed by atoms with Crippen molar-refractivity contribution in [2.24, 2.45) is 0 Å². The molecule has 2 aliphatic rings. The van der Waals surface area contributed by atoms with E-state index in [1.165, 1.54) is 0 Å². The van der Waals surface area contributed by atoms with Gasteiger partial charge in [-0.05, 0) is 13.8 Å². The zero-order chi connectivity index (χ0) is 12.5. The molecule has 2 aliphatic heterocycles. The standard InChI is InChI=1S/C11H20N4O2/c1-11(2,15-8-5-13-10(15)17)9(16)14-6-3-12-4-7-14/h12H,3-8H2,1-2H3,(H,13,17). The first-order chi connectivity index (χ1) is 8.03. The Bertz CT molecular complexity index is 323. The van der Waals surface area contributed by atoms with Gasteiger partial charge in [-0.25, -0.2) is 4.79 Å². The van der Waals surface area contributed by atoms with Crippen molar-refractivity contribution in [1.29, 1.82) is 0 Å². The molecule has 2 rings (SSSR count). The van der Waals surface area contributed by atoms with Gasteiger partial charge in [0.05, 0.1) is 0 Å². The molecule has 2 fully saturated rings. The third-order valence-electron chi connectivity index (χ3n) is 3.46. The summed E-state index contributed by atoms with van der Waals surface area (Å²) in [6.45, 7) is 7.96. The van der Waals surface area contributed by atoms with Crippen LogP contribution in [0.3, 0.4) is 0 Å². The van der Waals surface area contributed by atoms with Gasteiger partial charge in [0.15, 0.2) is 0 Å². The Morgan fingerprint density at radius 1 is 1.18 bits per heavy atom. The van der Waals surface area contributed by atoms with E-state index < -0.39 is 5.54 Å². The molecule has 6 nitrogen and oxygen atoms in total. The van der Waals surface area contributed by atoms with E-state index in [0.717, 1.165) is 26.2 Å². The maximum absolute atomic E-state index is 12.4. The van der Waals surface area contributed by atoms with Gasteiger partial charge in [0.25, 0.3) is 0 Å². The predicted molar refractivity (Wildman–Crippen MR) is 63.6 cm³/mol. The highest BCUT2D eigenvalue weighted by Gasteiger charge is 2.42. The summed E-state index contributed by atoms with van der Waals surface area (Å²) in [5, 5.41) is 5.95. The molecule has 0 bridgehead atoms. The van der Waals surface area contributed by atoms with Crippen molar-refractivity contribution >= 4 is 11.9 Å². The van der Waals surface area contributed by atoms with Gasteiger partial charge in [-0.3, -0.25) is 4.79 Å². The maximum Gasteiger partial charge on any atom is 0.318 e. The van der Waals surface area contributed by atoms with Crippen molar-refractivity contribution < 1.29 is 9.59 Å². The fourth-order valence-electron chi connectivity index (χ4n) is 2.38. The highest BCUT2D eigenvalue weighted by atomic mass is 16.2. The average Bonchev–Trinajstić information content (AvgIpc) is 2.76. The molecule has 0 radical (unpaired) electrons. The summed E-state index contributed by atoms with van der Waals surface area (Å²) < 4.78 is 0. The first-order valence-corrected chi connectivity index (χ1v) is 6.09. The second kappa shape index (κ2) is 4.52. The largest absolute Gasteiger partial charge is 0.338 e. The zero-order valence-electron chi connectivity index (χ0n) is 10.5. The van der Waals surface area contributed by atoms with Crippen molar-refractivity contribution in [2.45, 2.75) is 19.4 Å². The lowest BCUT2D eigenvalue weighted by molar-refractivity contribution is -0.141. The molecule has 0 aliphatic carbocycles. The summed E-state index contributed by atoms with van der Waals surface area (Å²) in [5.74, 6) is 0.0380. The van der Waals surface area contributed by atoms with Gasteiger partial charge in [0, 0.05) is 39.3 Å². The number of urea groups is 1. The second-order valence-corrected chi connectivity index (χ2v) is 4.98. The van der Waals surface area contributed by atoms with Crippen LogP contribution in [-0.4, -0.2) is 66.5 Å². The molecule has 2 N–H and O–H groups in total. The predicted octanol–water partition coefficient (Wildman–Crippen LogP) is -0.778. The Morgan fingerprint density at radius 3 is 2.35 bits per heavy atom. The molecule has 0 aromatic carbocycles. The molecule has 0 saturated carbocycles. The summed E-state index contributed by atoms with van der Waals surface area (Å²) in [6.07, 6.45) is 0. The maximum atomic E-state index is 12.4. The summed E-state index contributed by atoms with van der Waals surface area (Å²) in [7, 11) is 0. The summed E-state index contributed by atoms with van der Waals surface area (Å²) in [6, 6.07) is -0.140. The van der Waals surface area contributed by atoms with Crippen LogP contribution in [0.5, 0.6) is 0 Å². The van der Waals surface area contributed by atoms with Gasteiger partial charge in [-0.1, -0.05) is 0 Å². The molecule has 0 aromatic rings. The van der Waals surface area contributed by atoms with E-state index in [4.69, 9.17) is 0 Å². The smallest absolute Gasteiger partial charge is 0.318 e. The lowest BCUT2D eigenvalue weighted by Gasteiger charge is -2.39. The number of rotatable bonds is 2. The summed E-state index contributed by atoms with van der Waals surface area (Å²) >= 11 is 0. The molecular formula is C11H20N4O2. The monoisotopic (exact) mass is 240 g/mol. The third kappa shape index (κ3) is 2.22. The number of hydrogen-bond acceptors (Lipinski definition) is 3. The van der Waals surface area contributed by atoms with Crippen LogP contribution >= 0.6 is 0 Å². The third-order valence-corrected chi connectivity index (χ3v) is 3.46. The van der Waals surface area contributed by atoms with Crippen LogP contribution in [0.1, 0.15) is 13.8 Å². The molecule has 96 valence electrons. The minimum absolute atomic E-state index is 0.0380. The van der Waals surface area contributed by atoms with E-state index in [0.29, 0.717) is 13.1 Å². The van der Waals surface area contributed by atoms with Crippen LogP contribution < -0.4 is 10.6 Å². The van der Waals surface area contributed by atoms with Crippen molar-refractivity contribution in [3.8, 4) is 0 Å². The number of amides is 3. The van der Waals surface area contributed by atoms with Gasteiger partial charge in [-0.15, -0.1) is 0 Å². The van der Waals surface area contributed by atoms with E-state index in [1.807, 2.05) is 18.7 Å². The number of carbonyl (C=O) groups excluding carboxylic acids is 2. The lowest BCUT2D eigenvalue weighted by Crippen LogP contribution is -2.60. The summed E-state index contributed by atoms with van der Waals surface area (Å²) in [4.78, 5) is 27.5. The Morgan fingerprint density at radius 2 is 1.82 bits per heavy atom. The first-order valence-electron chi connectivity index (χ1n) is 6.09. The molecule has 3 amide bonds. The van der Waals surface area contributed by atoms with Crippen LogP contribution in [0.2, 0.25) is 0 Å². The van der Waals surface area contributed by atoms with Gasteiger partial charge < -0.3 is 20.4 Å².